The molecule has 10 heavy (non-hydrogen) atoms. The molecule has 0 aromatic heterocycles. The lowest BCUT2D eigenvalue weighted by Gasteiger charge is -1.91. The minimum Gasteiger partial charge on any atom is -0.382 e. The SMILES string of the molecule is CCC=O.COCCOC. The summed E-state index contributed by atoms with van der Waals surface area (Å²) in [5.74, 6) is 0. The van der Waals surface area contributed by atoms with Crippen LogP contribution in [-0.2, 0) is 14.3 Å². The summed E-state index contributed by atoms with van der Waals surface area (Å²) in [5.41, 5.74) is 0. The Bertz CT molecular complexity index is 50.8. The topological polar surface area (TPSA) is 35.5 Å². The van der Waals surface area contributed by atoms with Crippen LogP contribution in [0.15, 0.2) is 0 Å². The molecule has 0 unspecified atom stereocenters. The summed E-state index contributed by atoms with van der Waals surface area (Å²) in [6.45, 7) is 3.19. The monoisotopic (exact) mass is 148 g/mol. The van der Waals surface area contributed by atoms with Crippen molar-refractivity contribution in [2.24, 2.45) is 0 Å². The van der Waals surface area contributed by atoms with Crippen molar-refractivity contribution in [1.29, 1.82) is 0 Å². The van der Waals surface area contributed by atoms with Gasteiger partial charge in [-0.3, -0.25) is 0 Å². The second-order valence-electron chi connectivity index (χ2n) is 1.56. The van der Waals surface area contributed by atoms with Gasteiger partial charge in [0.1, 0.15) is 6.29 Å². The van der Waals surface area contributed by atoms with Crippen molar-refractivity contribution in [2.75, 3.05) is 27.4 Å². The lowest BCUT2D eigenvalue weighted by atomic mass is 10.6. The molecule has 0 N–H and O–H groups in total. The Labute approximate surface area is 62.3 Å². The maximum Gasteiger partial charge on any atom is 0.119 e. The quantitative estimate of drug-likeness (QED) is 0.438. The first-order valence-electron chi connectivity index (χ1n) is 3.24. The maximum absolute atomic E-state index is 9.17. The molecule has 0 bridgehead atoms. The van der Waals surface area contributed by atoms with E-state index >= 15 is 0 Å². The van der Waals surface area contributed by atoms with Crippen molar-refractivity contribution in [3.05, 3.63) is 0 Å². The molecule has 0 heterocycles. The van der Waals surface area contributed by atoms with Crippen LogP contribution in [0, 0.1) is 0 Å². The number of ether oxygens (including phenoxy) is 2. The van der Waals surface area contributed by atoms with Gasteiger partial charge in [-0.05, 0) is 0 Å². The highest BCUT2D eigenvalue weighted by Crippen LogP contribution is 1.65. The summed E-state index contributed by atoms with van der Waals surface area (Å²) in [6, 6.07) is 0. The number of hydrogen-bond donors (Lipinski definition) is 0. The summed E-state index contributed by atoms with van der Waals surface area (Å²) in [6.07, 6.45) is 1.51. The van der Waals surface area contributed by atoms with Gasteiger partial charge in [0, 0.05) is 20.6 Å². The molecule has 0 aromatic rings. The molecule has 0 aromatic carbocycles. The van der Waals surface area contributed by atoms with E-state index in [4.69, 9.17) is 0 Å². The number of carbonyl (C=O) groups excluding carboxylic acids is 1. The second-order valence-corrected chi connectivity index (χ2v) is 1.56. The lowest BCUT2D eigenvalue weighted by molar-refractivity contribution is -0.107. The van der Waals surface area contributed by atoms with E-state index in [0.717, 1.165) is 6.29 Å². The molecule has 3 nitrogen and oxygen atoms in total. The Kier molecular flexibility index (Phi) is 19.5. The summed E-state index contributed by atoms with van der Waals surface area (Å²) in [4.78, 5) is 9.17. The third-order valence-electron chi connectivity index (χ3n) is 0.658. The fourth-order valence-corrected chi connectivity index (χ4v) is 0.167. The molecule has 0 aliphatic carbocycles. The Morgan fingerprint density at radius 2 is 1.50 bits per heavy atom. The molecule has 0 spiro atoms. The van der Waals surface area contributed by atoms with E-state index in [1.807, 2.05) is 6.92 Å². The first-order valence-corrected chi connectivity index (χ1v) is 3.24. The van der Waals surface area contributed by atoms with E-state index in [2.05, 4.69) is 9.47 Å². The minimum atomic E-state index is 0.639. The van der Waals surface area contributed by atoms with E-state index in [0.29, 0.717) is 19.6 Å². The van der Waals surface area contributed by atoms with Crippen LogP contribution in [-0.4, -0.2) is 33.7 Å². The Morgan fingerprint density at radius 3 is 1.60 bits per heavy atom. The molecule has 0 radical (unpaired) electrons. The number of rotatable bonds is 4. The predicted octanol–water partition coefficient (Wildman–Crippen LogP) is 0.875. The fraction of sp³-hybridized carbons (Fsp3) is 0.857. The van der Waals surface area contributed by atoms with Gasteiger partial charge in [-0.25, -0.2) is 0 Å². The summed E-state index contributed by atoms with van der Waals surface area (Å²) < 4.78 is 9.31. The molecule has 0 saturated heterocycles. The number of methoxy groups -OCH3 is 2. The molecular weight excluding hydrogens is 132 g/mol. The van der Waals surface area contributed by atoms with Crippen LogP contribution in [0.3, 0.4) is 0 Å². The fourth-order valence-electron chi connectivity index (χ4n) is 0.167. The van der Waals surface area contributed by atoms with Crippen molar-refractivity contribution in [2.45, 2.75) is 13.3 Å². The van der Waals surface area contributed by atoms with Crippen LogP contribution < -0.4 is 0 Å². The molecule has 0 saturated carbocycles. The van der Waals surface area contributed by atoms with Gasteiger partial charge in [0.15, 0.2) is 0 Å². The standard InChI is InChI=1S/C4H10O2.C3H6O/c1-5-3-4-6-2;1-2-3-4/h3-4H2,1-2H3;3H,2H2,1H3. The highest BCUT2D eigenvalue weighted by atomic mass is 16.5. The van der Waals surface area contributed by atoms with Crippen LogP contribution in [0.2, 0.25) is 0 Å². The van der Waals surface area contributed by atoms with Crippen LogP contribution >= 0.6 is 0 Å². The second kappa shape index (κ2) is 15.8. The lowest BCUT2D eigenvalue weighted by Crippen LogP contribution is -1.96. The predicted molar refractivity (Wildman–Crippen MR) is 40.1 cm³/mol. The number of hydrogen-bond acceptors (Lipinski definition) is 3. The van der Waals surface area contributed by atoms with E-state index in [1.165, 1.54) is 0 Å². The molecule has 0 rings (SSSR count). The minimum absolute atomic E-state index is 0.639. The Hall–Kier alpha value is -0.410. The molecule has 0 aliphatic heterocycles. The third kappa shape index (κ3) is 25.6. The van der Waals surface area contributed by atoms with Crippen molar-refractivity contribution in [3.63, 3.8) is 0 Å². The summed E-state index contributed by atoms with van der Waals surface area (Å²) >= 11 is 0. The zero-order valence-electron chi connectivity index (χ0n) is 6.92. The van der Waals surface area contributed by atoms with Gasteiger partial charge in [-0.15, -0.1) is 0 Å². The Balaban J connectivity index is 0. The Morgan fingerprint density at radius 1 is 1.20 bits per heavy atom. The maximum atomic E-state index is 9.17. The number of carbonyl (C=O) groups is 1. The van der Waals surface area contributed by atoms with Crippen LogP contribution in [0.5, 0.6) is 0 Å². The van der Waals surface area contributed by atoms with Gasteiger partial charge in [0.05, 0.1) is 13.2 Å². The van der Waals surface area contributed by atoms with Gasteiger partial charge in [-0.2, -0.15) is 0 Å². The first kappa shape index (κ1) is 12.3. The van der Waals surface area contributed by atoms with E-state index in [1.54, 1.807) is 14.2 Å². The van der Waals surface area contributed by atoms with Crippen LogP contribution in [0.25, 0.3) is 0 Å². The van der Waals surface area contributed by atoms with Crippen LogP contribution in [0.1, 0.15) is 13.3 Å². The molecule has 0 amide bonds. The van der Waals surface area contributed by atoms with Gasteiger partial charge >= 0.3 is 0 Å². The average Bonchev–Trinajstić information content (AvgIpc) is 2.01. The van der Waals surface area contributed by atoms with Gasteiger partial charge < -0.3 is 14.3 Å². The van der Waals surface area contributed by atoms with Crippen molar-refractivity contribution < 1.29 is 14.3 Å². The average molecular weight is 148 g/mol. The molecule has 62 valence electrons. The van der Waals surface area contributed by atoms with Gasteiger partial charge in [-0.1, -0.05) is 6.92 Å². The third-order valence-corrected chi connectivity index (χ3v) is 0.658. The first-order chi connectivity index (χ1) is 4.83. The number of aldehydes is 1. The van der Waals surface area contributed by atoms with Gasteiger partial charge in [0.2, 0.25) is 0 Å². The molecule has 0 aliphatic rings. The van der Waals surface area contributed by atoms with Crippen molar-refractivity contribution in [3.8, 4) is 0 Å². The van der Waals surface area contributed by atoms with E-state index in [-0.39, 0.29) is 0 Å². The van der Waals surface area contributed by atoms with E-state index < -0.39 is 0 Å². The highest BCUT2D eigenvalue weighted by Gasteiger charge is 1.73. The summed E-state index contributed by atoms with van der Waals surface area (Å²) in [5, 5.41) is 0. The molecule has 0 atom stereocenters. The molecular formula is C7H16O3. The molecule has 0 fully saturated rings. The largest absolute Gasteiger partial charge is 0.382 e. The zero-order chi connectivity index (χ0) is 8.24. The van der Waals surface area contributed by atoms with Gasteiger partial charge in [0.25, 0.3) is 0 Å². The molecule has 3 heteroatoms. The van der Waals surface area contributed by atoms with Crippen LogP contribution in [0.4, 0.5) is 0 Å². The smallest absolute Gasteiger partial charge is 0.119 e. The van der Waals surface area contributed by atoms with Crippen molar-refractivity contribution >= 4 is 6.29 Å². The highest BCUT2D eigenvalue weighted by molar-refractivity contribution is 5.48. The zero-order valence-corrected chi connectivity index (χ0v) is 6.92. The summed E-state index contributed by atoms with van der Waals surface area (Å²) in [7, 11) is 3.30. The van der Waals surface area contributed by atoms with Crippen molar-refractivity contribution in [1.82, 2.24) is 0 Å². The normalized spacial score (nSPS) is 7.90. The van der Waals surface area contributed by atoms with E-state index in [9.17, 15) is 4.79 Å².